The average Bonchev–Trinajstić information content (AvgIpc) is 2.88. The van der Waals surface area contributed by atoms with E-state index >= 15 is 0 Å². The molecule has 0 saturated carbocycles. The number of nitrogens with one attached hydrogen (secondary N) is 2. The van der Waals surface area contributed by atoms with Gasteiger partial charge in [0.1, 0.15) is 5.60 Å². The first kappa shape index (κ1) is 15.8. The zero-order chi connectivity index (χ0) is 15.5. The van der Waals surface area contributed by atoms with Crippen LogP contribution in [-0.2, 0) is 11.3 Å². The smallest absolute Gasteiger partial charge is 0.410 e. The molecule has 1 fully saturated rings. The van der Waals surface area contributed by atoms with Gasteiger partial charge in [-0.3, -0.25) is 0 Å². The van der Waals surface area contributed by atoms with Crippen LogP contribution in [0.3, 0.4) is 0 Å². The van der Waals surface area contributed by atoms with E-state index in [1.54, 1.807) is 6.33 Å². The molecule has 2 N–H and O–H groups in total. The van der Waals surface area contributed by atoms with Gasteiger partial charge in [-0.05, 0) is 40.5 Å². The molecule has 1 aliphatic heterocycles. The summed E-state index contributed by atoms with van der Waals surface area (Å²) < 4.78 is 5.49. The predicted octanol–water partition coefficient (Wildman–Crippen LogP) is 2.29. The van der Waals surface area contributed by atoms with Crippen molar-refractivity contribution < 1.29 is 9.53 Å². The van der Waals surface area contributed by atoms with Crippen LogP contribution in [0.2, 0.25) is 0 Å². The van der Waals surface area contributed by atoms with E-state index in [4.69, 9.17) is 4.74 Å². The summed E-state index contributed by atoms with van der Waals surface area (Å²) in [5, 5.41) is 3.50. The van der Waals surface area contributed by atoms with Gasteiger partial charge in [-0.25, -0.2) is 9.78 Å². The van der Waals surface area contributed by atoms with Crippen molar-refractivity contribution in [1.82, 2.24) is 20.2 Å². The highest BCUT2D eigenvalue weighted by molar-refractivity contribution is 5.68. The van der Waals surface area contributed by atoms with E-state index in [1.807, 2.05) is 31.9 Å². The summed E-state index contributed by atoms with van der Waals surface area (Å²) in [5.41, 5.74) is 0.601. The number of nitrogens with zero attached hydrogens (tertiary/aromatic N) is 2. The molecule has 0 aromatic carbocycles. The van der Waals surface area contributed by atoms with Gasteiger partial charge in [0.25, 0.3) is 0 Å². The Morgan fingerprint density at radius 3 is 2.95 bits per heavy atom. The number of ether oxygens (including phenoxy) is 1. The molecule has 6 heteroatoms. The topological polar surface area (TPSA) is 70.2 Å². The van der Waals surface area contributed by atoms with Crippen LogP contribution in [0.4, 0.5) is 4.79 Å². The van der Waals surface area contributed by atoms with Crippen molar-refractivity contribution in [2.45, 2.75) is 64.8 Å². The van der Waals surface area contributed by atoms with Crippen LogP contribution in [0, 0.1) is 0 Å². The fraction of sp³-hybridized carbons (Fsp3) is 0.733. The molecule has 1 saturated heterocycles. The second kappa shape index (κ2) is 6.47. The molecular weight excluding hydrogens is 268 g/mol. The van der Waals surface area contributed by atoms with E-state index in [2.05, 4.69) is 22.2 Å². The Kier molecular flexibility index (Phi) is 4.88. The molecular formula is C15H26N4O2. The lowest BCUT2D eigenvalue weighted by Crippen LogP contribution is -2.55. The third-order valence-electron chi connectivity index (χ3n) is 3.73. The molecule has 1 amide bonds. The minimum absolute atomic E-state index is 0.122. The Labute approximate surface area is 126 Å². The molecule has 0 aliphatic carbocycles. The van der Waals surface area contributed by atoms with Crippen LogP contribution < -0.4 is 5.32 Å². The third-order valence-corrected chi connectivity index (χ3v) is 3.73. The molecule has 118 valence electrons. The van der Waals surface area contributed by atoms with E-state index in [9.17, 15) is 4.79 Å². The number of imidazole rings is 1. The van der Waals surface area contributed by atoms with Crippen molar-refractivity contribution in [2.75, 3.05) is 6.54 Å². The number of hydrogen-bond acceptors (Lipinski definition) is 4. The maximum Gasteiger partial charge on any atom is 0.410 e. The van der Waals surface area contributed by atoms with Gasteiger partial charge in [0.2, 0.25) is 0 Å². The predicted molar refractivity (Wildman–Crippen MR) is 80.9 cm³/mol. The second-order valence-corrected chi connectivity index (χ2v) is 6.62. The van der Waals surface area contributed by atoms with Crippen LogP contribution in [0.5, 0.6) is 0 Å². The van der Waals surface area contributed by atoms with Gasteiger partial charge < -0.3 is 19.9 Å². The number of H-pyrrole nitrogens is 1. The van der Waals surface area contributed by atoms with Gasteiger partial charge in [0.15, 0.2) is 0 Å². The van der Waals surface area contributed by atoms with Gasteiger partial charge in [0, 0.05) is 37.1 Å². The Hall–Kier alpha value is -1.56. The van der Waals surface area contributed by atoms with Crippen molar-refractivity contribution in [3.05, 3.63) is 18.2 Å². The number of amides is 1. The molecule has 21 heavy (non-hydrogen) atoms. The highest BCUT2D eigenvalue weighted by atomic mass is 16.6. The summed E-state index contributed by atoms with van der Waals surface area (Å²) in [5.74, 6) is 0. The average molecular weight is 294 g/mol. The normalized spacial score (nSPS) is 23.1. The summed E-state index contributed by atoms with van der Waals surface area (Å²) in [4.78, 5) is 21.2. The maximum atomic E-state index is 12.3. The fourth-order valence-electron chi connectivity index (χ4n) is 2.62. The molecule has 1 aliphatic rings. The number of aromatic amines is 1. The highest BCUT2D eigenvalue weighted by Gasteiger charge is 2.33. The number of likely N-dealkylation sites (tertiary alicyclic amines) is 1. The summed E-state index contributed by atoms with van der Waals surface area (Å²) in [6.07, 6.45) is 5.32. The van der Waals surface area contributed by atoms with Crippen molar-refractivity contribution in [3.8, 4) is 0 Å². The highest BCUT2D eigenvalue weighted by Crippen LogP contribution is 2.21. The van der Waals surface area contributed by atoms with E-state index in [-0.39, 0.29) is 18.2 Å². The van der Waals surface area contributed by atoms with Crippen LogP contribution in [-0.4, -0.2) is 45.2 Å². The molecule has 6 nitrogen and oxygen atoms in total. The number of carbonyl (C=O) groups is 1. The number of rotatable bonds is 3. The number of piperidine rings is 1. The summed E-state index contributed by atoms with van der Waals surface area (Å²) in [6, 6.07) is 0.395. The van der Waals surface area contributed by atoms with Crippen LogP contribution in [0.1, 0.15) is 46.2 Å². The molecule has 1 aromatic rings. The summed E-state index contributed by atoms with van der Waals surface area (Å²) in [6.45, 7) is 9.26. The lowest BCUT2D eigenvalue weighted by Gasteiger charge is -2.40. The van der Waals surface area contributed by atoms with E-state index in [1.165, 1.54) is 0 Å². The zero-order valence-corrected chi connectivity index (χ0v) is 13.3. The minimum Gasteiger partial charge on any atom is -0.444 e. The SMILES string of the molecule is CC1C(NCc2cnc[nH]2)CCCN1C(=O)OC(C)(C)C. The molecule has 2 unspecified atom stereocenters. The number of carbonyl (C=O) groups excluding carboxylic acids is 1. The van der Waals surface area contributed by atoms with Crippen molar-refractivity contribution in [2.24, 2.45) is 0 Å². The quantitative estimate of drug-likeness (QED) is 0.897. The second-order valence-electron chi connectivity index (χ2n) is 6.62. The van der Waals surface area contributed by atoms with E-state index in [0.717, 1.165) is 31.6 Å². The Bertz CT molecular complexity index is 453. The van der Waals surface area contributed by atoms with Gasteiger partial charge in [-0.15, -0.1) is 0 Å². The third kappa shape index (κ3) is 4.46. The molecule has 2 heterocycles. The standard InChI is InChI=1S/C15H26N4O2/c1-11-13(17-9-12-8-16-10-18-12)6-5-7-19(11)14(20)21-15(2,3)4/h8,10-11,13,17H,5-7,9H2,1-4H3,(H,16,18). The maximum absolute atomic E-state index is 12.3. The van der Waals surface area contributed by atoms with Crippen molar-refractivity contribution in [1.29, 1.82) is 0 Å². The molecule has 0 bridgehead atoms. The van der Waals surface area contributed by atoms with Crippen LogP contribution in [0.25, 0.3) is 0 Å². The Morgan fingerprint density at radius 2 is 2.33 bits per heavy atom. The van der Waals surface area contributed by atoms with E-state index < -0.39 is 5.60 Å². The lowest BCUT2D eigenvalue weighted by molar-refractivity contribution is 0.00697. The van der Waals surface area contributed by atoms with E-state index in [0.29, 0.717) is 0 Å². The summed E-state index contributed by atoms with van der Waals surface area (Å²) >= 11 is 0. The monoisotopic (exact) mass is 294 g/mol. The first-order valence-electron chi connectivity index (χ1n) is 7.57. The van der Waals surface area contributed by atoms with Crippen LogP contribution in [0.15, 0.2) is 12.5 Å². The fourth-order valence-corrected chi connectivity index (χ4v) is 2.62. The van der Waals surface area contributed by atoms with Crippen LogP contribution >= 0.6 is 0 Å². The summed E-state index contributed by atoms with van der Waals surface area (Å²) in [7, 11) is 0. The molecule has 2 rings (SSSR count). The largest absolute Gasteiger partial charge is 0.444 e. The Morgan fingerprint density at radius 1 is 1.57 bits per heavy atom. The Balaban J connectivity index is 1.91. The minimum atomic E-state index is -0.451. The first-order chi connectivity index (χ1) is 9.87. The molecule has 0 radical (unpaired) electrons. The molecule has 2 atom stereocenters. The number of aromatic nitrogens is 2. The first-order valence-corrected chi connectivity index (χ1v) is 7.57. The molecule has 1 aromatic heterocycles. The van der Waals surface area contributed by atoms with Crippen molar-refractivity contribution >= 4 is 6.09 Å². The van der Waals surface area contributed by atoms with Gasteiger partial charge >= 0.3 is 6.09 Å². The van der Waals surface area contributed by atoms with Gasteiger partial charge in [-0.1, -0.05) is 0 Å². The van der Waals surface area contributed by atoms with Gasteiger partial charge in [-0.2, -0.15) is 0 Å². The molecule has 0 spiro atoms. The van der Waals surface area contributed by atoms with Crippen molar-refractivity contribution in [3.63, 3.8) is 0 Å². The number of hydrogen-bond donors (Lipinski definition) is 2. The lowest BCUT2D eigenvalue weighted by atomic mass is 9.98. The zero-order valence-electron chi connectivity index (χ0n) is 13.3. The van der Waals surface area contributed by atoms with Gasteiger partial charge in [0.05, 0.1) is 6.33 Å².